The van der Waals surface area contributed by atoms with Crippen molar-refractivity contribution in [2.45, 2.75) is 25.3 Å². The summed E-state index contributed by atoms with van der Waals surface area (Å²) in [4.78, 5) is 16.0. The van der Waals surface area contributed by atoms with Crippen LogP contribution in [-0.4, -0.2) is 33.8 Å². The molecule has 21 heavy (non-hydrogen) atoms. The van der Waals surface area contributed by atoms with Gasteiger partial charge in [-0.2, -0.15) is 5.10 Å². The first-order chi connectivity index (χ1) is 10.3. The fraction of sp³-hybridized carbons (Fsp3) is 0.400. The van der Waals surface area contributed by atoms with Crippen LogP contribution in [0, 0.1) is 0 Å². The van der Waals surface area contributed by atoms with Gasteiger partial charge in [0.05, 0.1) is 24.3 Å². The highest BCUT2D eigenvalue weighted by Gasteiger charge is 2.16. The molecular formula is C15H19N5O. The summed E-state index contributed by atoms with van der Waals surface area (Å²) in [6, 6.07) is 4.15. The van der Waals surface area contributed by atoms with Gasteiger partial charge in [-0.15, -0.1) is 0 Å². The third-order valence-electron chi connectivity index (χ3n) is 3.66. The maximum absolute atomic E-state index is 12.0. The van der Waals surface area contributed by atoms with E-state index < -0.39 is 0 Å². The van der Waals surface area contributed by atoms with E-state index in [4.69, 9.17) is 0 Å². The molecule has 0 aliphatic carbocycles. The minimum Gasteiger partial charge on any atom is -0.323 e. The third kappa shape index (κ3) is 3.66. The van der Waals surface area contributed by atoms with Crippen molar-refractivity contribution in [3.05, 3.63) is 42.5 Å². The van der Waals surface area contributed by atoms with Gasteiger partial charge in [0.1, 0.15) is 0 Å². The predicted molar refractivity (Wildman–Crippen MR) is 79.9 cm³/mol. The van der Waals surface area contributed by atoms with E-state index in [2.05, 4.69) is 20.7 Å². The van der Waals surface area contributed by atoms with Crippen LogP contribution in [0.1, 0.15) is 24.4 Å². The number of hydrogen-bond donors (Lipinski definition) is 2. The highest BCUT2D eigenvalue weighted by molar-refractivity contribution is 5.91. The maximum atomic E-state index is 12.0. The lowest BCUT2D eigenvalue weighted by molar-refractivity contribution is -0.115. The summed E-state index contributed by atoms with van der Waals surface area (Å²) < 4.78 is 1.96. The molecule has 0 bridgehead atoms. The number of pyridine rings is 1. The topological polar surface area (TPSA) is 71.8 Å². The van der Waals surface area contributed by atoms with E-state index >= 15 is 0 Å². The Labute approximate surface area is 123 Å². The number of nitrogens with zero attached hydrogens (tertiary/aromatic N) is 3. The van der Waals surface area contributed by atoms with Gasteiger partial charge in [-0.1, -0.05) is 6.07 Å². The van der Waals surface area contributed by atoms with Gasteiger partial charge in [0.2, 0.25) is 5.91 Å². The van der Waals surface area contributed by atoms with E-state index in [1.165, 1.54) is 0 Å². The van der Waals surface area contributed by atoms with Gasteiger partial charge in [0.15, 0.2) is 0 Å². The molecule has 110 valence electrons. The monoisotopic (exact) mass is 285 g/mol. The van der Waals surface area contributed by atoms with Gasteiger partial charge in [-0.3, -0.25) is 14.5 Å². The fourth-order valence-corrected chi connectivity index (χ4v) is 2.57. The van der Waals surface area contributed by atoms with Gasteiger partial charge in [0.25, 0.3) is 0 Å². The molecule has 2 N–H and O–H groups in total. The molecular weight excluding hydrogens is 266 g/mol. The van der Waals surface area contributed by atoms with Gasteiger partial charge < -0.3 is 10.6 Å². The molecule has 0 spiro atoms. The molecule has 3 heterocycles. The minimum absolute atomic E-state index is 0.0483. The smallest absolute Gasteiger partial charge is 0.228 e. The maximum Gasteiger partial charge on any atom is 0.228 e. The highest BCUT2D eigenvalue weighted by Crippen LogP contribution is 2.19. The molecule has 2 aromatic heterocycles. The molecule has 1 aliphatic rings. The molecule has 0 aromatic carbocycles. The molecule has 1 amide bonds. The summed E-state index contributed by atoms with van der Waals surface area (Å²) in [5, 5.41) is 10.6. The molecule has 1 fully saturated rings. The lowest BCUT2D eigenvalue weighted by Crippen LogP contribution is -2.29. The Balaban J connectivity index is 1.57. The number of piperidine rings is 1. The molecule has 0 radical (unpaired) electrons. The summed E-state index contributed by atoms with van der Waals surface area (Å²) in [7, 11) is 0. The second-order valence-electron chi connectivity index (χ2n) is 5.28. The average Bonchev–Trinajstić information content (AvgIpc) is 2.97. The van der Waals surface area contributed by atoms with Crippen molar-refractivity contribution in [2.75, 3.05) is 18.4 Å². The molecule has 3 rings (SSSR count). The number of anilines is 1. The number of amides is 1. The third-order valence-corrected chi connectivity index (χ3v) is 3.66. The van der Waals surface area contributed by atoms with Crippen LogP contribution in [0.25, 0.3) is 0 Å². The van der Waals surface area contributed by atoms with Gasteiger partial charge in [-0.05, 0) is 37.6 Å². The Kier molecular flexibility index (Phi) is 4.25. The van der Waals surface area contributed by atoms with Crippen LogP contribution in [0.2, 0.25) is 0 Å². The van der Waals surface area contributed by atoms with E-state index in [-0.39, 0.29) is 5.91 Å². The van der Waals surface area contributed by atoms with Crippen LogP contribution < -0.4 is 10.6 Å². The van der Waals surface area contributed by atoms with Crippen LogP contribution in [0.5, 0.6) is 0 Å². The van der Waals surface area contributed by atoms with E-state index in [1.54, 1.807) is 18.6 Å². The van der Waals surface area contributed by atoms with Crippen molar-refractivity contribution in [1.29, 1.82) is 0 Å². The number of aromatic nitrogens is 3. The van der Waals surface area contributed by atoms with Crippen molar-refractivity contribution < 1.29 is 4.79 Å². The zero-order chi connectivity index (χ0) is 14.5. The number of hydrogen-bond acceptors (Lipinski definition) is 4. The first-order valence-electron chi connectivity index (χ1n) is 7.25. The molecule has 6 heteroatoms. The van der Waals surface area contributed by atoms with Gasteiger partial charge in [0, 0.05) is 18.6 Å². The largest absolute Gasteiger partial charge is 0.323 e. The number of carbonyl (C=O) groups excluding carboxylic acids is 1. The van der Waals surface area contributed by atoms with Crippen molar-refractivity contribution in [3.8, 4) is 0 Å². The summed E-state index contributed by atoms with van der Waals surface area (Å²) in [6.07, 6.45) is 9.50. The molecule has 0 unspecified atom stereocenters. The van der Waals surface area contributed by atoms with Crippen molar-refractivity contribution in [3.63, 3.8) is 0 Å². The number of nitrogens with one attached hydrogen (secondary N) is 2. The molecule has 0 atom stereocenters. The first-order valence-corrected chi connectivity index (χ1v) is 7.25. The Hall–Kier alpha value is -2.21. The number of carbonyl (C=O) groups is 1. The molecule has 6 nitrogen and oxygen atoms in total. The summed E-state index contributed by atoms with van der Waals surface area (Å²) in [5.41, 5.74) is 1.66. The Morgan fingerprint density at radius 3 is 3.00 bits per heavy atom. The molecule has 0 saturated carbocycles. The average molecular weight is 285 g/mol. The fourth-order valence-electron chi connectivity index (χ4n) is 2.57. The Morgan fingerprint density at radius 1 is 1.38 bits per heavy atom. The second kappa shape index (κ2) is 6.49. The zero-order valence-corrected chi connectivity index (χ0v) is 11.8. The normalized spacial score (nSPS) is 15.8. The Bertz CT molecular complexity index is 589. The van der Waals surface area contributed by atoms with Gasteiger partial charge >= 0.3 is 0 Å². The standard InChI is InChI=1S/C15H19N5O/c21-15(8-12-2-1-5-17-9-12)19-13-10-18-20(11-13)14-3-6-16-7-4-14/h1-2,5,9-11,14,16H,3-4,6-8H2,(H,19,21). The van der Waals surface area contributed by atoms with Crippen molar-refractivity contribution in [2.24, 2.45) is 0 Å². The van der Waals surface area contributed by atoms with Crippen LogP contribution in [0.4, 0.5) is 5.69 Å². The summed E-state index contributed by atoms with van der Waals surface area (Å²) in [5.74, 6) is -0.0483. The lowest BCUT2D eigenvalue weighted by Gasteiger charge is -2.22. The van der Waals surface area contributed by atoms with E-state index in [0.29, 0.717) is 12.5 Å². The van der Waals surface area contributed by atoms with Crippen LogP contribution >= 0.6 is 0 Å². The SMILES string of the molecule is O=C(Cc1cccnc1)Nc1cnn(C2CCNCC2)c1. The van der Waals surface area contributed by atoms with Crippen LogP contribution in [-0.2, 0) is 11.2 Å². The second-order valence-corrected chi connectivity index (χ2v) is 5.28. The number of rotatable bonds is 4. The van der Waals surface area contributed by atoms with E-state index in [0.717, 1.165) is 37.2 Å². The van der Waals surface area contributed by atoms with Gasteiger partial charge in [-0.25, -0.2) is 0 Å². The highest BCUT2D eigenvalue weighted by atomic mass is 16.1. The summed E-state index contributed by atoms with van der Waals surface area (Å²) >= 11 is 0. The zero-order valence-electron chi connectivity index (χ0n) is 11.8. The van der Waals surface area contributed by atoms with Crippen LogP contribution in [0.3, 0.4) is 0 Å². The van der Waals surface area contributed by atoms with Crippen molar-refractivity contribution >= 4 is 11.6 Å². The molecule has 1 aliphatic heterocycles. The molecule has 2 aromatic rings. The summed E-state index contributed by atoms with van der Waals surface area (Å²) in [6.45, 7) is 2.04. The minimum atomic E-state index is -0.0483. The predicted octanol–water partition coefficient (Wildman–Crippen LogP) is 1.38. The van der Waals surface area contributed by atoms with E-state index in [1.807, 2.05) is 23.0 Å². The lowest BCUT2D eigenvalue weighted by atomic mass is 10.1. The van der Waals surface area contributed by atoms with Crippen LogP contribution in [0.15, 0.2) is 36.9 Å². The Morgan fingerprint density at radius 2 is 2.24 bits per heavy atom. The first kappa shape index (κ1) is 13.8. The quantitative estimate of drug-likeness (QED) is 0.890. The van der Waals surface area contributed by atoms with Crippen molar-refractivity contribution in [1.82, 2.24) is 20.1 Å². The molecule has 1 saturated heterocycles. The van der Waals surface area contributed by atoms with E-state index in [9.17, 15) is 4.79 Å².